The Labute approximate surface area is 71.0 Å². The first kappa shape index (κ1) is 8.74. The monoisotopic (exact) mass is 165 g/mol. The first-order valence-corrected chi connectivity index (χ1v) is 3.75. The number of hydrogen-bond donors (Lipinski definition) is 2. The van der Waals surface area contributed by atoms with Gasteiger partial charge in [0.25, 0.3) is 0 Å². The fourth-order valence-electron chi connectivity index (χ4n) is 0.827. The molecule has 0 saturated carbocycles. The summed E-state index contributed by atoms with van der Waals surface area (Å²) >= 11 is 0. The molecule has 64 valence electrons. The number of anilines is 1. The summed E-state index contributed by atoms with van der Waals surface area (Å²) in [5.74, 6) is 0. The molecule has 0 aliphatic heterocycles. The zero-order chi connectivity index (χ0) is 8.81. The van der Waals surface area contributed by atoms with Crippen molar-refractivity contribution in [3.8, 4) is 0 Å². The molecular formula is C9H11NO2. The maximum atomic E-state index is 10.0. The lowest BCUT2D eigenvalue weighted by Crippen LogP contribution is -2.20. The molecule has 3 heteroatoms. The van der Waals surface area contributed by atoms with Crippen LogP contribution >= 0.6 is 0 Å². The van der Waals surface area contributed by atoms with Crippen LogP contribution in [0.1, 0.15) is 0 Å². The normalized spacial score (nSPS) is 12.1. The second-order valence-electron chi connectivity index (χ2n) is 2.45. The number of para-hydroxylation sites is 1. The molecule has 0 spiro atoms. The summed E-state index contributed by atoms with van der Waals surface area (Å²) in [5.41, 5.74) is 0.901. The van der Waals surface area contributed by atoms with E-state index in [0.29, 0.717) is 6.29 Å². The zero-order valence-corrected chi connectivity index (χ0v) is 6.60. The third-order valence-electron chi connectivity index (χ3n) is 1.45. The second-order valence-corrected chi connectivity index (χ2v) is 2.45. The maximum Gasteiger partial charge on any atom is 0.150 e. The Morgan fingerprint density at radius 1 is 1.42 bits per heavy atom. The van der Waals surface area contributed by atoms with Gasteiger partial charge in [0.05, 0.1) is 0 Å². The molecule has 12 heavy (non-hydrogen) atoms. The summed E-state index contributed by atoms with van der Waals surface area (Å²) in [4.78, 5) is 10.0. The standard InChI is InChI=1S/C9H11NO2/c11-7-9(12)6-10-8-4-2-1-3-5-8/h1-5,7,9-10,12H,6H2/t9-/m0/s1. The van der Waals surface area contributed by atoms with Crippen LogP contribution in [0.3, 0.4) is 0 Å². The van der Waals surface area contributed by atoms with Crippen LogP contribution in [0.4, 0.5) is 5.69 Å². The number of aldehydes is 1. The van der Waals surface area contributed by atoms with E-state index in [0.717, 1.165) is 5.69 Å². The van der Waals surface area contributed by atoms with E-state index in [2.05, 4.69) is 5.32 Å². The largest absolute Gasteiger partial charge is 0.384 e. The van der Waals surface area contributed by atoms with Crippen LogP contribution in [-0.4, -0.2) is 24.0 Å². The molecule has 0 fully saturated rings. The molecule has 0 aliphatic rings. The number of nitrogens with one attached hydrogen (secondary N) is 1. The van der Waals surface area contributed by atoms with Gasteiger partial charge in [-0.15, -0.1) is 0 Å². The highest BCUT2D eigenvalue weighted by atomic mass is 16.3. The highest BCUT2D eigenvalue weighted by molar-refractivity contribution is 5.57. The molecule has 0 aliphatic carbocycles. The van der Waals surface area contributed by atoms with E-state index in [9.17, 15) is 4.79 Å². The fraction of sp³-hybridized carbons (Fsp3) is 0.222. The van der Waals surface area contributed by atoms with Gasteiger partial charge in [-0.1, -0.05) is 18.2 Å². The minimum Gasteiger partial charge on any atom is -0.384 e. The number of carbonyl (C=O) groups excluding carboxylic acids is 1. The minimum atomic E-state index is -0.926. The van der Waals surface area contributed by atoms with Crippen LogP contribution in [0.2, 0.25) is 0 Å². The van der Waals surface area contributed by atoms with Gasteiger partial charge in [0, 0.05) is 12.2 Å². The van der Waals surface area contributed by atoms with Gasteiger partial charge < -0.3 is 15.2 Å². The van der Waals surface area contributed by atoms with Crippen molar-refractivity contribution in [3.05, 3.63) is 30.3 Å². The van der Waals surface area contributed by atoms with Gasteiger partial charge >= 0.3 is 0 Å². The topological polar surface area (TPSA) is 49.3 Å². The number of rotatable bonds is 4. The van der Waals surface area contributed by atoms with E-state index in [1.807, 2.05) is 30.3 Å². The van der Waals surface area contributed by atoms with Crippen molar-refractivity contribution >= 4 is 12.0 Å². The molecule has 0 bridgehead atoms. The van der Waals surface area contributed by atoms with Crippen molar-refractivity contribution in [2.45, 2.75) is 6.10 Å². The Morgan fingerprint density at radius 2 is 2.08 bits per heavy atom. The first-order valence-electron chi connectivity index (χ1n) is 3.75. The predicted molar refractivity (Wildman–Crippen MR) is 47.0 cm³/mol. The SMILES string of the molecule is O=C[C@@H](O)CNc1ccccc1. The van der Waals surface area contributed by atoms with Crippen molar-refractivity contribution in [1.29, 1.82) is 0 Å². The van der Waals surface area contributed by atoms with E-state index >= 15 is 0 Å². The molecule has 3 nitrogen and oxygen atoms in total. The predicted octanol–water partition coefficient (Wildman–Crippen LogP) is 0.658. The van der Waals surface area contributed by atoms with Gasteiger partial charge in [-0.05, 0) is 12.1 Å². The lowest BCUT2D eigenvalue weighted by Gasteiger charge is -2.06. The molecular weight excluding hydrogens is 154 g/mol. The fourth-order valence-corrected chi connectivity index (χ4v) is 0.827. The number of aliphatic hydroxyl groups is 1. The highest BCUT2D eigenvalue weighted by Gasteiger charge is 1.99. The van der Waals surface area contributed by atoms with Crippen LogP contribution in [0, 0.1) is 0 Å². The van der Waals surface area contributed by atoms with Gasteiger partial charge in [0.15, 0.2) is 0 Å². The summed E-state index contributed by atoms with van der Waals surface area (Å²) in [5, 5.41) is 11.8. The van der Waals surface area contributed by atoms with Crippen molar-refractivity contribution < 1.29 is 9.90 Å². The smallest absolute Gasteiger partial charge is 0.150 e. The van der Waals surface area contributed by atoms with E-state index in [1.54, 1.807) is 0 Å². The molecule has 1 aromatic rings. The lowest BCUT2D eigenvalue weighted by atomic mass is 10.3. The van der Waals surface area contributed by atoms with E-state index in [-0.39, 0.29) is 6.54 Å². The Kier molecular flexibility index (Phi) is 3.29. The molecule has 0 radical (unpaired) electrons. The van der Waals surface area contributed by atoms with Gasteiger partial charge in [0.1, 0.15) is 12.4 Å². The number of hydrogen-bond acceptors (Lipinski definition) is 3. The van der Waals surface area contributed by atoms with Gasteiger partial charge in [0.2, 0.25) is 0 Å². The van der Waals surface area contributed by atoms with E-state index in [4.69, 9.17) is 5.11 Å². The van der Waals surface area contributed by atoms with Crippen molar-refractivity contribution in [2.75, 3.05) is 11.9 Å². The maximum absolute atomic E-state index is 10.0. The Morgan fingerprint density at radius 3 is 2.67 bits per heavy atom. The average Bonchev–Trinajstić information content (AvgIpc) is 2.16. The molecule has 1 atom stereocenters. The molecule has 1 rings (SSSR count). The minimum absolute atomic E-state index is 0.257. The van der Waals surface area contributed by atoms with Crippen LogP contribution in [0.15, 0.2) is 30.3 Å². The summed E-state index contributed by atoms with van der Waals surface area (Å²) in [7, 11) is 0. The Balaban J connectivity index is 2.38. The first-order chi connectivity index (χ1) is 5.83. The Bertz CT molecular complexity index is 236. The van der Waals surface area contributed by atoms with Gasteiger partial charge in [-0.2, -0.15) is 0 Å². The third kappa shape index (κ3) is 2.72. The summed E-state index contributed by atoms with van der Waals surface area (Å²) in [6, 6.07) is 9.42. The molecule has 2 N–H and O–H groups in total. The number of aliphatic hydroxyl groups excluding tert-OH is 1. The summed E-state index contributed by atoms with van der Waals surface area (Å²) in [6.45, 7) is 0.257. The zero-order valence-electron chi connectivity index (χ0n) is 6.60. The Hall–Kier alpha value is -1.35. The second kappa shape index (κ2) is 4.51. The van der Waals surface area contributed by atoms with Crippen LogP contribution in [0.25, 0.3) is 0 Å². The number of carbonyl (C=O) groups is 1. The van der Waals surface area contributed by atoms with Crippen LogP contribution in [0.5, 0.6) is 0 Å². The summed E-state index contributed by atoms with van der Waals surface area (Å²) < 4.78 is 0. The summed E-state index contributed by atoms with van der Waals surface area (Å²) in [6.07, 6.45) is -0.416. The van der Waals surface area contributed by atoms with Crippen LogP contribution in [-0.2, 0) is 4.79 Å². The molecule has 1 aromatic carbocycles. The van der Waals surface area contributed by atoms with E-state index < -0.39 is 6.10 Å². The van der Waals surface area contributed by atoms with Gasteiger partial charge in [-0.3, -0.25) is 0 Å². The van der Waals surface area contributed by atoms with Crippen molar-refractivity contribution in [1.82, 2.24) is 0 Å². The van der Waals surface area contributed by atoms with E-state index in [1.165, 1.54) is 0 Å². The lowest BCUT2D eigenvalue weighted by molar-refractivity contribution is -0.114. The average molecular weight is 165 g/mol. The molecule has 0 amide bonds. The number of benzene rings is 1. The quantitative estimate of drug-likeness (QED) is 0.644. The molecule has 0 aromatic heterocycles. The third-order valence-corrected chi connectivity index (χ3v) is 1.45. The van der Waals surface area contributed by atoms with Crippen LogP contribution < -0.4 is 5.32 Å². The molecule has 0 saturated heterocycles. The molecule has 0 heterocycles. The van der Waals surface area contributed by atoms with Gasteiger partial charge in [-0.25, -0.2) is 0 Å². The highest BCUT2D eigenvalue weighted by Crippen LogP contribution is 2.03. The van der Waals surface area contributed by atoms with Crippen molar-refractivity contribution in [2.24, 2.45) is 0 Å². The van der Waals surface area contributed by atoms with Crippen molar-refractivity contribution in [3.63, 3.8) is 0 Å². The molecule has 0 unspecified atom stereocenters.